The molecule has 2 saturated heterocycles. The highest BCUT2D eigenvalue weighted by atomic mass is 35.5. The summed E-state index contributed by atoms with van der Waals surface area (Å²) in [6.45, 7) is 22.4. The number of halogens is 2. The number of piperidine rings is 1. The summed E-state index contributed by atoms with van der Waals surface area (Å²) >= 11 is 12.5. The van der Waals surface area contributed by atoms with E-state index in [1.165, 1.54) is 11.1 Å². The molecule has 7 rings (SSSR count). The van der Waals surface area contributed by atoms with Crippen molar-refractivity contribution < 1.29 is 4.79 Å². The van der Waals surface area contributed by atoms with Crippen molar-refractivity contribution in [3.63, 3.8) is 0 Å². The summed E-state index contributed by atoms with van der Waals surface area (Å²) in [5, 5.41) is 3.70. The maximum atomic E-state index is 12.3. The van der Waals surface area contributed by atoms with Crippen LogP contribution in [0.3, 0.4) is 0 Å². The minimum atomic E-state index is 0.124. The van der Waals surface area contributed by atoms with Gasteiger partial charge in [-0.2, -0.15) is 0 Å². The van der Waals surface area contributed by atoms with Gasteiger partial charge in [0.1, 0.15) is 11.6 Å². The van der Waals surface area contributed by atoms with Gasteiger partial charge in [-0.05, 0) is 79.1 Å². The summed E-state index contributed by atoms with van der Waals surface area (Å²) in [7, 11) is 0. The van der Waals surface area contributed by atoms with Crippen LogP contribution in [-0.4, -0.2) is 71.5 Å². The van der Waals surface area contributed by atoms with Crippen molar-refractivity contribution in [1.82, 2.24) is 19.8 Å². The lowest BCUT2D eigenvalue weighted by atomic mass is 9.96. The Morgan fingerprint density at radius 3 is 1.89 bits per heavy atom. The molecule has 0 radical (unpaired) electrons. The fourth-order valence-electron chi connectivity index (χ4n) is 7.63. The number of anilines is 2. The van der Waals surface area contributed by atoms with Crippen LogP contribution in [0.1, 0.15) is 96.3 Å². The van der Waals surface area contributed by atoms with Gasteiger partial charge in [0.05, 0.1) is 17.9 Å². The normalized spacial score (nSPS) is 17.1. The van der Waals surface area contributed by atoms with Gasteiger partial charge in [-0.25, -0.2) is 9.97 Å². The topological polar surface area (TPSA) is 55.8 Å². The summed E-state index contributed by atoms with van der Waals surface area (Å²) < 4.78 is 0. The summed E-state index contributed by atoms with van der Waals surface area (Å²) in [5.74, 6) is 2.37. The van der Waals surface area contributed by atoms with Crippen LogP contribution in [0, 0.1) is 12.8 Å². The molecule has 0 N–H and O–H groups in total. The third-order valence-electron chi connectivity index (χ3n) is 10.3. The molecule has 0 bridgehead atoms. The van der Waals surface area contributed by atoms with Gasteiger partial charge >= 0.3 is 0 Å². The maximum Gasteiger partial charge on any atom is 0.214 e. The van der Waals surface area contributed by atoms with E-state index in [9.17, 15) is 4.79 Å². The first-order valence-corrected chi connectivity index (χ1v) is 21.2. The van der Waals surface area contributed by atoms with E-state index < -0.39 is 0 Å². The average molecular weight is 786 g/mol. The molecule has 4 aromatic rings. The number of carbonyl (C=O) groups excluding carboxylic acids is 1. The molecule has 1 unspecified atom stereocenters. The van der Waals surface area contributed by atoms with E-state index in [0.717, 1.165) is 108 Å². The molecule has 1 amide bonds. The zero-order valence-corrected chi connectivity index (χ0v) is 35.8. The summed E-state index contributed by atoms with van der Waals surface area (Å²) in [6.07, 6.45) is 8.41. The molecule has 1 atom stereocenters. The van der Waals surface area contributed by atoms with Crippen molar-refractivity contribution in [2.75, 3.05) is 49.1 Å². The highest BCUT2D eigenvalue weighted by Gasteiger charge is 2.29. The van der Waals surface area contributed by atoms with Gasteiger partial charge in [0, 0.05) is 66.3 Å². The van der Waals surface area contributed by atoms with Crippen LogP contribution < -0.4 is 20.4 Å². The number of hydrogen-bond donors (Lipinski definition) is 0. The number of aromatic nitrogens is 2. The van der Waals surface area contributed by atoms with Crippen LogP contribution in [0.4, 0.5) is 11.5 Å². The van der Waals surface area contributed by atoms with Crippen molar-refractivity contribution in [1.29, 1.82) is 0 Å². The Morgan fingerprint density at radius 2 is 1.35 bits per heavy atom. The summed E-state index contributed by atoms with van der Waals surface area (Å²) in [5.41, 5.74) is 4.57. The number of benzene rings is 3. The Morgan fingerprint density at radius 1 is 0.782 bits per heavy atom. The van der Waals surface area contributed by atoms with Gasteiger partial charge in [0.2, 0.25) is 6.41 Å². The standard InChI is InChI=1S/C40H44Cl2N6O.3C2H6/c1-28-7-16-36-35(25-28)40(47-19-17-34(18-20-47)48(27-49)37-6-4-3-5-29(37)2)44-38(43-36)26-45-21-23-46(24-22-45)39(30-8-12-32(41)13-9-30)31-10-14-33(42)15-11-31;3*1-2/h3-6,8-16,25,27-28,34,39H,7,17-24,26H2,1-2H3;3*1-2H3. The zero-order valence-electron chi connectivity index (χ0n) is 34.3. The minimum Gasteiger partial charge on any atom is -0.356 e. The Labute approximate surface area is 340 Å². The number of carbonyl (C=O) groups is 1. The molecule has 9 heteroatoms. The third-order valence-corrected chi connectivity index (χ3v) is 10.8. The minimum absolute atomic E-state index is 0.124. The monoisotopic (exact) mass is 784 g/mol. The lowest BCUT2D eigenvalue weighted by Gasteiger charge is -2.40. The van der Waals surface area contributed by atoms with E-state index in [2.05, 4.69) is 71.0 Å². The molecule has 0 spiro atoms. The number of amides is 1. The predicted octanol–water partition coefficient (Wildman–Crippen LogP) is 9.31. The number of para-hydroxylation sites is 1. The molecule has 3 aromatic carbocycles. The highest BCUT2D eigenvalue weighted by Crippen LogP contribution is 2.32. The summed E-state index contributed by atoms with van der Waals surface area (Å²) in [6, 6.07) is 24.9. The molecule has 2 aliphatic heterocycles. The van der Waals surface area contributed by atoms with Crippen LogP contribution in [0.25, 0.3) is 12.2 Å². The van der Waals surface area contributed by atoms with Gasteiger partial charge in [-0.1, -0.05) is 126 Å². The predicted molar refractivity (Wildman–Crippen MR) is 235 cm³/mol. The molecule has 0 saturated carbocycles. The first-order valence-electron chi connectivity index (χ1n) is 20.5. The quantitative estimate of drug-likeness (QED) is 0.158. The van der Waals surface area contributed by atoms with Crippen molar-refractivity contribution >= 4 is 53.3 Å². The molecule has 1 aromatic heterocycles. The van der Waals surface area contributed by atoms with Gasteiger partial charge in [0.25, 0.3) is 0 Å². The van der Waals surface area contributed by atoms with Crippen LogP contribution in [0.2, 0.25) is 10.0 Å². The Bertz CT molecular complexity index is 1840. The van der Waals surface area contributed by atoms with Gasteiger partial charge in [-0.15, -0.1) is 0 Å². The molecular weight excluding hydrogens is 723 g/mol. The van der Waals surface area contributed by atoms with Gasteiger partial charge in [0.15, 0.2) is 0 Å². The molecule has 3 heterocycles. The van der Waals surface area contributed by atoms with Crippen LogP contribution in [0.15, 0.2) is 72.8 Å². The number of piperazine rings is 1. The number of nitrogens with zero attached hydrogens (tertiary/aromatic N) is 6. The van der Waals surface area contributed by atoms with Crippen molar-refractivity contribution in [2.24, 2.45) is 5.92 Å². The van der Waals surface area contributed by atoms with E-state index in [-0.39, 0.29) is 12.1 Å². The molecule has 55 heavy (non-hydrogen) atoms. The van der Waals surface area contributed by atoms with Crippen LogP contribution in [-0.2, 0) is 11.3 Å². The number of rotatable bonds is 9. The van der Waals surface area contributed by atoms with E-state index in [4.69, 9.17) is 33.2 Å². The van der Waals surface area contributed by atoms with Crippen molar-refractivity contribution in [3.05, 3.63) is 116 Å². The lowest BCUT2D eigenvalue weighted by Crippen LogP contribution is -2.49. The fraction of sp³-hybridized carbons (Fsp3) is 0.457. The Balaban J connectivity index is 0.00000107. The van der Waals surface area contributed by atoms with E-state index >= 15 is 0 Å². The first kappa shape index (κ1) is 44.0. The van der Waals surface area contributed by atoms with Crippen molar-refractivity contribution in [2.45, 2.75) is 93.3 Å². The van der Waals surface area contributed by atoms with Gasteiger partial charge in [-0.3, -0.25) is 14.6 Å². The third kappa shape index (κ3) is 11.2. The molecular formula is C46H62Cl2N6O. The molecule has 296 valence electrons. The second-order valence-electron chi connectivity index (χ2n) is 13.7. The molecule has 1 aliphatic carbocycles. The Kier molecular flexibility index (Phi) is 17.7. The summed E-state index contributed by atoms with van der Waals surface area (Å²) in [4.78, 5) is 32.0. The zero-order chi connectivity index (χ0) is 39.9. The smallest absolute Gasteiger partial charge is 0.214 e. The fourth-order valence-corrected chi connectivity index (χ4v) is 7.88. The number of aryl methyl sites for hydroxylation is 1. The first-order chi connectivity index (χ1) is 26.9. The molecule has 2 fully saturated rings. The highest BCUT2D eigenvalue weighted by molar-refractivity contribution is 6.30. The SMILES string of the molecule is CC.CC.CC.Cc1ccccc1N(C=O)C1CCN(c2nc(CN3CCN(C(c4ccc(Cl)cc4)c4ccc(Cl)cc4)CC3)nc3c2=CC(C)CC=3)CC1. The van der Waals surface area contributed by atoms with E-state index in [0.29, 0.717) is 12.5 Å². The van der Waals surface area contributed by atoms with E-state index in [1.54, 1.807) is 0 Å². The van der Waals surface area contributed by atoms with Gasteiger partial charge < -0.3 is 9.80 Å². The maximum absolute atomic E-state index is 12.3. The number of fused-ring (bicyclic) bond motifs is 1. The second kappa shape index (κ2) is 22.1. The second-order valence-corrected chi connectivity index (χ2v) is 14.6. The lowest BCUT2D eigenvalue weighted by molar-refractivity contribution is -0.108. The van der Waals surface area contributed by atoms with Crippen LogP contribution >= 0.6 is 23.2 Å². The van der Waals surface area contributed by atoms with Crippen molar-refractivity contribution in [3.8, 4) is 0 Å². The average Bonchev–Trinajstić information content (AvgIpc) is 3.23. The molecule has 7 nitrogen and oxygen atoms in total. The largest absolute Gasteiger partial charge is 0.356 e. The molecule has 3 aliphatic rings. The number of hydrogen-bond acceptors (Lipinski definition) is 6. The van der Waals surface area contributed by atoms with Crippen LogP contribution in [0.5, 0.6) is 0 Å². The van der Waals surface area contributed by atoms with E-state index in [1.807, 2.05) is 88.9 Å². The Hall–Kier alpha value is -3.75.